The van der Waals surface area contributed by atoms with Gasteiger partial charge in [0.15, 0.2) is 0 Å². The Labute approximate surface area is 147 Å². The van der Waals surface area contributed by atoms with Crippen LogP contribution in [0.25, 0.3) is 0 Å². The van der Waals surface area contributed by atoms with Crippen molar-refractivity contribution in [1.82, 2.24) is 5.32 Å². The van der Waals surface area contributed by atoms with E-state index in [1.807, 2.05) is 32.9 Å². The highest BCUT2D eigenvalue weighted by Crippen LogP contribution is 2.15. The van der Waals surface area contributed by atoms with Crippen molar-refractivity contribution in [3.8, 4) is 0 Å². The van der Waals surface area contributed by atoms with Gasteiger partial charge in [-0.05, 0) is 49.1 Å². The molecule has 1 atom stereocenters. The second-order valence-electron chi connectivity index (χ2n) is 6.46. The SMILES string of the molecule is Cc1ccc(NC(=O)C(NC(=O)c2ccccc2C)C(C)C)cc1F. The number of carbonyl (C=O) groups is 2. The fourth-order valence-electron chi connectivity index (χ4n) is 2.47. The molecule has 0 aliphatic heterocycles. The van der Waals surface area contributed by atoms with Crippen LogP contribution in [0, 0.1) is 25.6 Å². The van der Waals surface area contributed by atoms with Crippen molar-refractivity contribution in [3.63, 3.8) is 0 Å². The molecule has 1 unspecified atom stereocenters. The van der Waals surface area contributed by atoms with Gasteiger partial charge in [-0.2, -0.15) is 0 Å². The predicted molar refractivity (Wildman–Crippen MR) is 97.0 cm³/mol. The monoisotopic (exact) mass is 342 g/mol. The third kappa shape index (κ3) is 4.66. The van der Waals surface area contributed by atoms with Gasteiger partial charge < -0.3 is 10.6 Å². The zero-order valence-corrected chi connectivity index (χ0v) is 14.9. The number of rotatable bonds is 5. The Bertz CT molecular complexity index is 787. The summed E-state index contributed by atoms with van der Waals surface area (Å²) < 4.78 is 13.6. The Morgan fingerprint density at radius 1 is 1.00 bits per heavy atom. The van der Waals surface area contributed by atoms with Gasteiger partial charge in [-0.1, -0.05) is 38.1 Å². The lowest BCUT2D eigenvalue weighted by molar-refractivity contribution is -0.118. The normalized spacial score (nSPS) is 11.9. The number of hydrogen-bond acceptors (Lipinski definition) is 2. The Kier molecular flexibility index (Phi) is 5.91. The maximum Gasteiger partial charge on any atom is 0.252 e. The van der Waals surface area contributed by atoms with E-state index < -0.39 is 6.04 Å². The predicted octanol–water partition coefficient (Wildman–Crippen LogP) is 3.84. The molecule has 0 radical (unpaired) electrons. The van der Waals surface area contributed by atoms with Gasteiger partial charge in [-0.3, -0.25) is 9.59 Å². The zero-order chi connectivity index (χ0) is 18.6. The molecule has 0 aromatic heterocycles. The van der Waals surface area contributed by atoms with Crippen LogP contribution in [-0.2, 0) is 4.79 Å². The summed E-state index contributed by atoms with van der Waals surface area (Å²) in [5.74, 6) is -1.19. The van der Waals surface area contributed by atoms with Gasteiger partial charge in [-0.15, -0.1) is 0 Å². The topological polar surface area (TPSA) is 58.2 Å². The van der Waals surface area contributed by atoms with Crippen molar-refractivity contribution in [1.29, 1.82) is 0 Å². The number of hydrogen-bond donors (Lipinski definition) is 2. The molecule has 2 N–H and O–H groups in total. The maximum atomic E-state index is 13.6. The van der Waals surface area contributed by atoms with Crippen molar-refractivity contribution in [2.75, 3.05) is 5.32 Å². The third-order valence-electron chi connectivity index (χ3n) is 4.06. The fraction of sp³-hybridized carbons (Fsp3) is 0.300. The van der Waals surface area contributed by atoms with Gasteiger partial charge in [0, 0.05) is 11.3 Å². The van der Waals surface area contributed by atoms with Crippen LogP contribution in [0.5, 0.6) is 0 Å². The van der Waals surface area contributed by atoms with E-state index in [-0.39, 0.29) is 23.5 Å². The molecule has 4 nitrogen and oxygen atoms in total. The minimum atomic E-state index is -0.725. The summed E-state index contributed by atoms with van der Waals surface area (Å²) in [5.41, 5.74) is 2.24. The average Bonchev–Trinajstić information content (AvgIpc) is 2.55. The molecule has 0 heterocycles. The van der Waals surface area contributed by atoms with Crippen LogP contribution in [0.15, 0.2) is 42.5 Å². The van der Waals surface area contributed by atoms with Crippen LogP contribution in [0.4, 0.5) is 10.1 Å². The Morgan fingerprint density at radius 2 is 1.68 bits per heavy atom. The smallest absolute Gasteiger partial charge is 0.252 e. The van der Waals surface area contributed by atoms with Crippen LogP contribution in [0.3, 0.4) is 0 Å². The highest BCUT2D eigenvalue weighted by molar-refractivity contribution is 6.01. The Morgan fingerprint density at radius 3 is 2.28 bits per heavy atom. The second kappa shape index (κ2) is 7.92. The summed E-state index contributed by atoms with van der Waals surface area (Å²) >= 11 is 0. The van der Waals surface area contributed by atoms with E-state index in [4.69, 9.17) is 0 Å². The van der Waals surface area contributed by atoms with Crippen LogP contribution in [0.2, 0.25) is 0 Å². The minimum Gasteiger partial charge on any atom is -0.340 e. The van der Waals surface area contributed by atoms with Gasteiger partial charge >= 0.3 is 0 Å². The summed E-state index contributed by atoms with van der Waals surface area (Å²) in [6, 6.07) is 11.0. The summed E-state index contributed by atoms with van der Waals surface area (Å²) in [4.78, 5) is 25.0. The van der Waals surface area contributed by atoms with Gasteiger partial charge in [0.05, 0.1) is 0 Å². The molecule has 2 aromatic carbocycles. The molecule has 0 bridgehead atoms. The Balaban J connectivity index is 2.14. The van der Waals surface area contributed by atoms with Crippen molar-refractivity contribution in [2.45, 2.75) is 33.7 Å². The molecule has 2 aromatic rings. The summed E-state index contributed by atoms with van der Waals surface area (Å²) in [5, 5.41) is 5.44. The van der Waals surface area contributed by atoms with Crippen molar-refractivity contribution in [3.05, 3.63) is 65.0 Å². The highest BCUT2D eigenvalue weighted by Gasteiger charge is 2.25. The van der Waals surface area contributed by atoms with E-state index in [1.165, 1.54) is 6.07 Å². The first-order chi connectivity index (χ1) is 11.8. The highest BCUT2D eigenvalue weighted by atomic mass is 19.1. The van der Waals surface area contributed by atoms with E-state index in [2.05, 4.69) is 10.6 Å². The van der Waals surface area contributed by atoms with Crippen molar-refractivity contribution >= 4 is 17.5 Å². The number of carbonyl (C=O) groups excluding carboxylic acids is 2. The van der Waals surface area contributed by atoms with Gasteiger partial charge in [0.25, 0.3) is 5.91 Å². The van der Waals surface area contributed by atoms with Crippen LogP contribution in [0.1, 0.15) is 35.3 Å². The summed E-state index contributed by atoms with van der Waals surface area (Å²) in [6.07, 6.45) is 0. The molecule has 2 amide bonds. The largest absolute Gasteiger partial charge is 0.340 e. The minimum absolute atomic E-state index is 0.122. The lowest BCUT2D eigenvalue weighted by atomic mass is 10.0. The van der Waals surface area contributed by atoms with E-state index in [9.17, 15) is 14.0 Å². The molecule has 0 saturated carbocycles. The van der Waals surface area contributed by atoms with E-state index in [0.717, 1.165) is 5.56 Å². The van der Waals surface area contributed by atoms with E-state index >= 15 is 0 Å². The first-order valence-corrected chi connectivity index (χ1v) is 8.23. The number of amides is 2. The maximum absolute atomic E-state index is 13.6. The average molecular weight is 342 g/mol. The molecule has 0 fully saturated rings. The van der Waals surface area contributed by atoms with Crippen LogP contribution in [-0.4, -0.2) is 17.9 Å². The second-order valence-corrected chi connectivity index (χ2v) is 6.46. The quantitative estimate of drug-likeness (QED) is 0.867. The van der Waals surface area contributed by atoms with Gasteiger partial charge in [0.2, 0.25) is 5.91 Å². The lowest BCUT2D eigenvalue weighted by Gasteiger charge is -2.22. The van der Waals surface area contributed by atoms with Gasteiger partial charge in [-0.25, -0.2) is 4.39 Å². The summed E-state index contributed by atoms with van der Waals surface area (Å²) in [6.45, 7) is 7.19. The van der Waals surface area contributed by atoms with Gasteiger partial charge in [0.1, 0.15) is 11.9 Å². The molecule has 5 heteroatoms. The number of aryl methyl sites for hydroxylation is 2. The standard InChI is InChI=1S/C20H23FN2O2/c1-12(2)18(23-19(24)16-8-6-5-7-13(16)3)20(25)22-15-10-9-14(4)17(21)11-15/h5-12,18H,1-4H3,(H,22,25)(H,23,24). The third-order valence-corrected chi connectivity index (χ3v) is 4.06. The Hall–Kier alpha value is -2.69. The number of halogens is 1. The molecule has 0 aliphatic carbocycles. The molecular weight excluding hydrogens is 319 g/mol. The van der Waals surface area contributed by atoms with Crippen LogP contribution < -0.4 is 10.6 Å². The number of anilines is 1. The van der Waals surface area contributed by atoms with Crippen LogP contribution >= 0.6 is 0 Å². The number of benzene rings is 2. The fourth-order valence-corrected chi connectivity index (χ4v) is 2.47. The number of nitrogens with one attached hydrogen (secondary N) is 2. The first-order valence-electron chi connectivity index (χ1n) is 8.23. The lowest BCUT2D eigenvalue weighted by Crippen LogP contribution is -2.47. The molecular formula is C20H23FN2O2. The van der Waals surface area contributed by atoms with E-state index in [0.29, 0.717) is 16.8 Å². The molecule has 2 rings (SSSR count). The molecule has 0 saturated heterocycles. The molecule has 0 aliphatic rings. The zero-order valence-electron chi connectivity index (χ0n) is 14.9. The van der Waals surface area contributed by atoms with E-state index in [1.54, 1.807) is 31.2 Å². The molecule has 132 valence electrons. The van der Waals surface area contributed by atoms with Crippen molar-refractivity contribution < 1.29 is 14.0 Å². The van der Waals surface area contributed by atoms with Crippen molar-refractivity contribution in [2.24, 2.45) is 5.92 Å². The molecule has 25 heavy (non-hydrogen) atoms. The summed E-state index contributed by atoms with van der Waals surface area (Å²) in [7, 11) is 0. The first kappa shape index (κ1) is 18.6. The molecule has 0 spiro atoms.